The molecule has 3 heterocycles. The summed E-state index contributed by atoms with van der Waals surface area (Å²) in [6.45, 7) is 5.67. The highest BCUT2D eigenvalue weighted by molar-refractivity contribution is 7.99. The van der Waals surface area contributed by atoms with E-state index >= 15 is 0 Å². The molecule has 2 aromatic heterocycles. The Hall–Kier alpha value is -2.52. The minimum Gasteiger partial charge on any atom is -0.381 e. The second-order valence-corrected chi connectivity index (χ2v) is 10.2. The zero-order valence-electron chi connectivity index (χ0n) is 18.1. The van der Waals surface area contributed by atoms with Crippen molar-refractivity contribution >= 4 is 39.9 Å². The van der Waals surface area contributed by atoms with Crippen LogP contribution in [0.25, 0.3) is 16.6 Å². The summed E-state index contributed by atoms with van der Waals surface area (Å²) in [7, 11) is 0. The Kier molecular flexibility index (Phi) is 5.63. The highest BCUT2D eigenvalue weighted by atomic mass is 35.5. The standard InChI is InChI=1S/C26H24ClN3OS/c1-17(2)22-14-25-29-24(27)15-30(25)23-13-20(6-7-21(22)23)32-19-5-3-4-18(12-19)26(16-28)8-10-31-11-9-26/h3-7,12-15,17H,8-11H2,1-2H3. The van der Waals surface area contributed by atoms with Crippen molar-refractivity contribution in [3.63, 3.8) is 0 Å². The van der Waals surface area contributed by atoms with E-state index in [4.69, 9.17) is 16.3 Å². The van der Waals surface area contributed by atoms with Crippen LogP contribution in [0.3, 0.4) is 0 Å². The van der Waals surface area contributed by atoms with Crippen LogP contribution >= 0.6 is 23.4 Å². The summed E-state index contributed by atoms with van der Waals surface area (Å²) >= 11 is 7.94. The van der Waals surface area contributed by atoms with Crippen molar-refractivity contribution in [2.24, 2.45) is 0 Å². The first-order valence-electron chi connectivity index (χ1n) is 10.9. The van der Waals surface area contributed by atoms with Crippen LogP contribution in [0, 0.1) is 11.3 Å². The maximum absolute atomic E-state index is 9.94. The van der Waals surface area contributed by atoms with Gasteiger partial charge < -0.3 is 4.74 Å². The van der Waals surface area contributed by atoms with Crippen molar-refractivity contribution in [2.45, 2.75) is 47.8 Å². The van der Waals surface area contributed by atoms with Crippen LogP contribution < -0.4 is 0 Å². The minimum absolute atomic E-state index is 0.384. The van der Waals surface area contributed by atoms with Crippen molar-refractivity contribution in [3.8, 4) is 6.07 Å². The number of benzene rings is 2. The molecule has 4 nitrogen and oxygen atoms in total. The van der Waals surface area contributed by atoms with Gasteiger partial charge in [0, 0.05) is 34.6 Å². The second-order valence-electron chi connectivity index (χ2n) is 8.66. The van der Waals surface area contributed by atoms with E-state index in [1.165, 1.54) is 10.9 Å². The van der Waals surface area contributed by atoms with E-state index in [9.17, 15) is 5.26 Å². The number of aromatic nitrogens is 2. The fourth-order valence-corrected chi connectivity index (χ4v) is 5.65. The predicted octanol–water partition coefficient (Wildman–Crippen LogP) is 6.99. The van der Waals surface area contributed by atoms with Gasteiger partial charge in [-0.2, -0.15) is 5.26 Å². The van der Waals surface area contributed by atoms with E-state index in [1.807, 2.05) is 6.20 Å². The number of rotatable bonds is 4. The van der Waals surface area contributed by atoms with Crippen LogP contribution in [0.2, 0.25) is 5.15 Å². The molecule has 0 radical (unpaired) electrons. The molecule has 162 valence electrons. The molecule has 2 aromatic carbocycles. The Bertz CT molecular complexity index is 1350. The highest BCUT2D eigenvalue weighted by Gasteiger charge is 2.34. The Morgan fingerprint density at radius 1 is 1.12 bits per heavy atom. The van der Waals surface area contributed by atoms with Crippen LogP contribution in [0.1, 0.15) is 43.7 Å². The molecule has 1 aliphatic heterocycles. The number of hydrogen-bond donors (Lipinski definition) is 0. The molecule has 1 aliphatic rings. The first-order chi connectivity index (χ1) is 15.5. The first-order valence-corrected chi connectivity index (χ1v) is 12.1. The quantitative estimate of drug-likeness (QED) is 0.328. The molecule has 0 bridgehead atoms. The normalized spacial score (nSPS) is 16.0. The molecule has 0 N–H and O–H groups in total. The number of pyridine rings is 1. The zero-order valence-corrected chi connectivity index (χ0v) is 19.7. The molecule has 1 saturated heterocycles. The molecule has 4 aromatic rings. The van der Waals surface area contributed by atoms with Crippen LogP contribution in [-0.2, 0) is 10.2 Å². The molecule has 6 heteroatoms. The molecule has 0 amide bonds. The SMILES string of the molecule is CC(C)c1cc2nc(Cl)cn2c2cc(Sc3cccc(C4(C#N)CCOCC4)c3)ccc12. The van der Waals surface area contributed by atoms with Gasteiger partial charge in [-0.25, -0.2) is 4.98 Å². The molecule has 0 spiro atoms. The summed E-state index contributed by atoms with van der Waals surface area (Å²) in [6.07, 6.45) is 3.36. The number of ether oxygens (including phenoxy) is 1. The predicted molar refractivity (Wildman–Crippen MR) is 130 cm³/mol. The molecule has 5 rings (SSSR count). The topological polar surface area (TPSA) is 50.3 Å². The zero-order chi connectivity index (χ0) is 22.3. The Morgan fingerprint density at radius 3 is 2.66 bits per heavy atom. The van der Waals surface area contributed by atoms with Crippen molar-refractivity contribution in [3.05, 3.63) is 71.0 Å². The third kappa shape index (κ3) is 3.77. The maximum atomic E-state index is 9.94. The van der Waals surface area contributed by atoms with Crippen LogP contribution in [-0.4, -0.2) is 22.6 Å². The third-order valence-electron chi connectivity index (χ3n) is 6.33. The Balaban J connectivity index is 1.55. The number of halogens is 1. The molecule has 0 aliphatic carbocycles. The summed E-state index contributed by atoms with van der Waals surface area (Å²) in [4.78, 5) is 6.75. The average Bonchev–Trinajstić information content (AvgIpc) is 3.19. The van der Waals surface area contributed by atoms with Gasteiger partial charge in [0.25, 0.3) is 0 Å². The van der Waals surface area contributed by atoms with Gasteiger partial charge in [0.1, 0.15) is 10.8 Å². The van der Waals surface area contributed by atoms with E-state index < -0.39 is 5.41 Å². The molecule has 32 heavy (non-hydrogen) atoms. The fourth-order valence-electron chi connectivity index (χ4n) is 4.55. The van der Waals surface area contributed by atoms with E-state index in [2.05, 4.69) is 77.8 Å². The monoisotopic (exact) mass is 461 g/mol. The fraction of sp³-hybridized carbons (Fsp3) is 0.308. The third-order valence-corrected chi connectivity index (χ3v) is 7.49. The van der Waals surface area contributed by atoms with Gasteiger partial charge in [0.2, 0.25) is 0 Å². The Morgan fingerprint density at radius 2 is 1.91 bits per heavy atom. The summed E-state index contributed by atoms with van der Waals surface area (Å²) in [6, 6.07) is 19.7. The van der Waals surface area contributed by atoms with Crippen molar-refractivity contribution < 1.29 is 4.74 Å². The molecule has 0 atom stereocenters. The highest BCUT2D eigenvalue weighted by Crippen LogP contribution is 2.38. The lowest BCUT2D eigenvalue weighted by Gasteiger charge is -2.31. The van der Waals surface area contributed by atoms with Crippen LogP contribution in [0.15, 0.2) is 64.5 Å². The largest absolute Gasteiger partial charge is 0.381 e. The maximum Gasteiger partial charge on any atom is 0.148 e. The van der Waals surface area contributed by atoms with E-state index in [0.717, 1.165) is 39.4 Å². The Labute approximate surface area is 197 Å². The summed E-state index contributed by atoms with van der Waals surface area (Å²) in [5, 5.41) is 11.6. The van der Waals surface area contributed by atoms with Gasteiger partial charge in [-0.1, -0.05) is 55.4 Å². The number of fused-ring (bicyclic) bond motifs is 3. The van der Waals surface area contributed by atoms with E-state index in [0.29, 0.717) is 24.3 Å². The van der Waals surface area contributed by atoms with Gasteiger partial charge >= 0.3 is 0 Å². The number of imidazole rings is 1. The van der Waals surface area contributed by atoms with Gasteiger partial charge in [0.05, 0.1) is 17.0 Å². The van der Waals surface area contributed by atoms with Crippen molar-refractivity contribution in [1.82, 2.24) is 9.38 Å². The molecule has 1 fully saturated rings. The first kappa shape index (κ1) is 21.3. The van der Waals surface area contributed by atoms with E-state index in [-0.39, 0.29) is 0 Å². The van der Waals surface area contributed by atoms with Crippen molar-refractivity contribution in [2.75, 3.05) is 13.2 Å². The number of hydrogen-bond acceptors (Lipinski definition) is 4. The van der Waals surface area contributed by atoms with Gasteiger partial charge in [0.15, 0.2) is 0 Å². The van der Waals surface area contributed by atoms with Crippen LogP contribution in [0.4, 0.5) is 0 Å². The molecular formula is C26H24ClN3OS. The smallest absolute Gasteiger partial charge is 0.148 e. The minimum atomic E-state index is -0.454. The van der Waals surface area contributed by atoms with Crippen molar-refractivity contribution in [1.29, 1.82) is 5.26 Å². The van der Waals surface area contributed by atoms with Gasteiger partial charge in [-0.15, -0.1) is 0 Å². The molecule has 0 unspecified atom stereocenters. The lowest BCUT2D eigenvalue weighted by Crippen LogP contribution is -2.32. The number of nitrogens with zero attached hydrogens (tertiary/aromatic N) is 3. The van der Waals surface area contributed by atoms with Gasteiger partial charge in [-0.3, -0.25) is 4.40 Å². The molecule has 0 saturated carbocycles. The van der Waals surface area contributed by atoms with E-state index in [1.54, 1.807) is 11.8 Å². The average molecular weight is 462 g/mol. The summed E-state index contributed by atoms with van der Waals surface area (Å²) in [5.41, 5.74) is 3.86. The van der Waals surface area contributed by atoms with Gasteiger partial charge in [-0.05, 0) is 60.2 Å². The molecular weight excluding hydrogens is 438 g/mol. The van der Waals surface area contributed by atoms with Crippen LogP contribution in [0.5, 0.6) is 0 Å². The number of nitriles is 1. The second kappa shape index (κ2) is 8.44. The lowest BCUT2D eigenvalue weighted by atomic mass is 9.75. The summed E-state index contributed by atoms with van der Waals surface area (Å²) in [5.74, 6) is 0.384. The summed E-state index contributed by atoms with van der Waals surface area (Å²) < 4.78 is 7.57. The lowest BCUT2D eigenvalue weighted by molar-refractivity contribution is 0.0675.